The Kier molecular flexibility index (Phi) is 53.6. The average molecular weight is 1090 g/mol. The minimum atomic E-state index is -1.57. The van der Waals surface area contributed by atoms with Crippen molar-refractivity contribution in [2.75, 3.05) is 19.8 Å². The van der Waals surface area contributed by atoms with Gasteiger partial charge in [0.05, 0.1) is 32.0 Å². The molecule has 1 aliphatic heterocycles. The van der Waals surface area contributed by atoms with Crippen molar-refractivity contribution in [1.82, 2.24) is 5.32 Å². The molecular formula is C66H127NO10. The summed E-state index contributed by atoms with van der Waals surface area (Å²) in [5.74, 6) is -0.169. The number of carbonyl (C=O) groups excluding carboxylic acids is 2. The lowest BCUT2D eigenvalue weighted by molar-refractivity contribution is -0.302. The first-order valence-corrected chi connectivity index (χ1v) is 33.5. The Balaban J connectivity index is 1.93. The lowest BCUT2D eigenvalue weighted by Crippen LogP contribution is -2.60. The fourth-order valence-electron chi connectivity index (χ4n) is 10.8. The quantitative estimate of drug-likeness (QED) is 0.0195. The van der Waals surface area contributed by atoms with Gasteiger partial charge in [-0.15, -0.1) is 0 Å². The van der Waals surface area contributed by atoms with Crippen LogP contribution in [0.1, 0.15) is 335 Å². The molecule has 7 unspecified atom stereocenters. The zero-order chi connectivity index (χ0) is 55.9. The lowest BCUT2D eigenvalue weighted by atomic mass is 9.99. The molecule has 6 N–H and O–H groups in total. The highest BCUT2D eigenvalue weighted by Gasteiger charge is 2.44. The Morgan fingerprint density at radius 2 is 0.818 bits per heavy atom. The Labute approximate surface area is 474 Å². The predicted octanol–water partition coefficient (Wildman–Crippen LogP) is 16.3. The maximum atomic E-state index is 13.0. The summed E-state index contributed by atoms with van der Waals surface area (Å²) in [5, 5.41) is 54.3. The molecule has 0 radical (unpaired) electrons. The summed E-state index contributed by atoms with van der Waals surface area (Å²) < 4.78 is 16.7. The van der Waals surface area contributed by atoms with Gasteiger partial charge < -0.3 is 45.1 Å². The number of aliphatic hydroxyl groups is 5. The number of amides is 1. The van der Waals surface area contributed by atoms with Crippen LogP contribution in [0.2, 0.25) is 0 Å². The van der Waals surface area contributed by atoms with E-state index in [4.69, 9.17) is 14.2 Å². The third-order valence-corrected chi connectivity index (χ3v) is 16.2. The van der Waals surface area contributed by atoms with Gasteiger partial charge in [0.15, 0.2) is 6.29 Å². The molecule has 11 heteroatoms. The van der Waals surface area contributed by atoms with Crippen molar-refractivity contribution >= 4 is 11.9 Å². The maximum absolute atomic E-state index is 13.0. The standard InChI is InChI=1S/C66H127NO10/c1-3-5-7-9-11-13-14-30-34-38-42-46-50-54-62(71)75-55-51-47-43-39-35-32-29-27-25-23-21-19-17-15-16-18-20-22-24-26-28-31-33-37-41-45-49-53-61(70)67-58(59(69)52-48-44-40-36-12-10-8-6-4-2)57-76-66-65(74)64(73)63(72)60(56-68)77-66/h48,52,58-60,63-66,68-69,72-74H,3-47,49-51,53-57H2,1-2H3,(H,67,70)/b52-48+. The summed E-state index contributed by atoms with van der Waals surface area (Å²) in [6.45, 7) is 4.35. The monoisotopic (exact) mass is 1090 g/mol. The van der Waals surface area contributed by atoms with Crippen LogP contribution < -0.4 is 5.32 Å². The largest absolute Gasteiger partial charge is 0.466 e. The van der Waals surface area contributed by atoms with Gasteiger partial charge in [0.1, 0.15) is 24.4 Å². The van der Waals surface area contributed by atoms with E-state index in [0.29, 0.717) is 19.4 Å². The van der Waals surface area contributed by atoms with E-state index in [9.17, 15) is 35.1 Å². The number of carbonyl (C=O) groups is 2. The van der Waals surface area contributed by atoms with Gasteiger partial charge in [0, 0.05) is 12.8 Å². The molecule has 0 saturated carbocycles. The summed E-state index contributed by atoms with van der Waals surface area (Å²) in [5.41, 5.74) is 0. The van der Waals surface area contributed by atoms with E-state index < -0.39 is 49.5 Å². The molecule has 0 spiro atoms. The van der Waals surface area contributed by atoms with Crippen molar-refractivity contribution in [2.45, 2.75) is 378 Å². The van der Waals surface area contributed by atoms with E-state index in [-0.39, 0.29) is 18.5 Å². The fourth-order valence-corrected chi connectivity index (χ4v) is 10.8. The molecule has 1 amide bonds. The normalized spacial score (nSPS) is 18.6. The number of hydrogen-bond acceptors (Lipinski definition) is 10. The van der Waals surface area contributed by atoms with Crippen LogP contribution in [0.5, 0.6) is 0 Å². The zero-order valence-electron chi connectivity index (χ0n) is 50.5. The number of unbranched alkanes of at least 4 members (excludes halogenated alkanes) is 45. The summed E-state index contributed by atoms with van der Waals surface area (Å²) in [6, 6.07) is -0.805. The molecule has 0 aromatic carbocycles. The molecule has 456 valence electrons. The fraction of sp³-hybridized carbons (Fsp3) is 0.939. The lowest BCUT2D eigenvalue weighted by Gasteiger charge is -2.40. The van der Waals surface area contributed by atoms with Crippen molar-refractivity contribution in [1.29, 1.82) is 0 Å². The van der Waals surface area contributed by atoms with Gasteiger partial charge in [-0.2, -0.15) is 0 Å². The van der Waals surface area contributed by atoms with Gasteiger partial charge in [-0.05, 0) is 32.1 Å². The Bertz CT molecular complexity index is 1280. The molecule has 1 aliphatic rings. The third-order valence-electron chi connectivity index (χ3n) is 16.2. The second-order valence-electron chi connectivity index (χ2n) is 23.5. The molecule has 0 aromatic rings. The summed E-state index contributed by atoms with van der Waals surface area (Å²) in [6.07, 6.45) is 57.8. The van der Waals surface area contributed by atoms with Crippen molar-refractivity contribution in [3.8, 4) is 0 Å². The van der Waals surface area contributed by atoms with Crippen LogP contribution in [-0.4, -0.2) is 100 Å². The first-order chi connectivity index (χ1) is 37.7. The number of rotatable bonds is 59. The van der Waals surface area contributed by atoms with Crippen LogP contribution >= 0.6 is 0 Å². The first kappa shape index (κ1) is 73.4. The molecular weight excluding hydrogens is 967 g/mol. The van der Waals surface area contributed by atoms with Gasteiger partial charge in [0.2, 0.25) is 5.91 Å². The third kappa shape index (κ3) is 45.7. The molecule has 11 nitrogen and oxygen atoms in total. The Hall–Kier alpha value is -1.60. The highest BCUT2D eigenvalue weighted by molar-refractivity contribution is 5.76. The van der Waals surface area contributed by atoms with Crippen molar-refractivity contribution in [2.24, 2.45) is 0 Å². The molecule has 1 fully saturated rings. The SMILES string of the molecule is CCCCCCCCC/C=C/C(O)C(COC1OC(CO)C(O)C(O)C1O)NC(=O)CCCCCCCCCCCCCCCCCCCCCCCCCCCCCOC(=O)CCCCCCCCCCCCCCC. The zero-order valence-corrected chi connectivity index (χ0v) is 50.5. The summed E-state index contributed by atoms with van der Waals surface area (Å²) in [4.78, 5) is 25.1. The Morgan fingerprint density at radius 1 is 0.468 bits per heavy atom. The van der Waals surface area contributed by atoms with Gasteiger partial charge >= 0.3 is 5.97 Å². The van der Waals surface area contributed by atoms with E-state index in [1.165, 1.54) is 257 Å². The van der Waals surface area contributed by atoms with Gasteiger partial charge in [-0.3, -0.25) is 9.59 Å². The van der Waals surface area contributed by atoms with Gasteiger partial charge in [0.25, 0.3) is 0 Å². The van der Waals surface area contributed by atoms with E-state index in [1.54, 1.807) is 6.08 Å². The predicted molar refractivity (Wildman–Crippen MR) is 320 cm³/mol. The molecule has 0 aromatic heterocycles. The van der Waals surface area contributed by atoms with Gasteiger partial charge in [-0.25, -0.2) is 0 Å². The van der Waals surface area contributed by atoms with Crippen LogP contribution in [0, 0.1) is 0 Å². The molecule has 1 saturated heterocycles. The molecule has 7 atom stereocenters. The second-order valence-corrected chi connectivity index (χ2v) is 23.5. The topological polar surface area (TPSA) is 175 Å². The van der Waals surface area contributed by atoms with Crippen LogP contribution in [0.3, 0.4) is 0 Å². The molecule has 1 heterocycles. The van der Waals surface area contributed by atoms with Crippen LogP contribution in [-0.2, 0) is 23.8 Å². The number of ether oxygens (including phenoxy) is 3. The van der Waals surface area contributed by atoms with Crippen LogP contribution in [0.25, 0.3) is 0 Å². The number of hydrogen-bond donors (Lipinski definition) is 6. The number of nitrogens with one attached hydrogen (secondary N) is 1. The minimum absolute atomic E-state index is 0.0106. The summed E-state index contributed by atoms with van der Waals surface area (Å²) in [7, 11) is 0. The number of allylic oxidation sites excluding steroid dienone is 1. The number of esters is 1. The van der Waals surface area contributed by atoms with Crippen molar-refractivity contribution in [3.05, 3.63) is 12.2 Å². The van der Waals surface area contributed by atoms with Crippen LogP contribution in [0.4, 0.5) is 0 Å². The van der Waals surface area contributed by atoms with Crippen molar-refractivity contribution in [3.63, 3.8) is 0 Å². The molecule has 0 aliphatic carbocycles. The Morgan fingerprint density at radius 3 is 1.21 bits per heavy atom. The molecule has 77 heavy (non-hydrogen) atoms. The van der Waals surface area contributed by atoms with E-state index in [1.807, 2.05) is 6.08 Å². The molecule has 1 rings (SSSR count). The first-order valence-electron chi connectivity index (χ1n) is 33.5. The average Bonchev–Trinajstić information content (AvgIpc) is 3.43. The van der Waals surface area contributed by atoms with E-state index in [2.05, 4.69) is 19.2 Å². The van der Waals surface area contributed by atoms with E-state index >= 15 is 0 Å². The van der Waals surface area contributed by atoms with Crippen molar-refractivity contribution < 1.29 is 49.3 Å². The van der Waals surface area contributed by atoms with Crippen LogP contribution in [0.15, 0.2) is 12.2 Å². The highest BCUT2D eigenvalue weighted by atomic mass is 16.7. The van der Waals surface area contributed by atoms with E-state index in [0.717, 1.165) is 51.4 Å². The number of aliphatic hydroxyl groups excluding tert-OH is 5. The molecule has 0 bridgehead atoms. The summed E-state index contributed by atoms with van der Waals surface area (Å²) >= 11 is 0. The smallest absolute Gasteiger partial charge is 0.305 e. The second kappa shape index (κ2) is 56.3. The van der Waals surface area contributed by atoms with Gasteiger partial charge in [-0.1, -0.05) is 302 Å². The minimum Gasteiger partial charge on any atom is -0.466 e. The highest BCUT2D eigenvalue weighted by Crippen LogP contribution is 2.23. The maximum Gasteiger partial charge on any atom is 0.305 e.